The Bertz CT molecular complexity index is 826. The number of para-hydroxylation sites is 1. The molecule has 1 atom stereocenters. The van der Waals surface area contributed by atoms with E-state index in [1.165, 1.54) is 11.3 Å². The van der Waals surface area contributed by atoms with Crippen molar-refractivity contribution < 1.29 is 0 Å². The van der Waals surface area contributed by atoms with Gasteiger partial charge in [0.1, 0.15) is 10.7 Å². The largest absolute Gasteiger partial charge is 0.268 e. The van der Waals surface area contributed by atoms with Crippen LogP contribution in [0, 0.1) is 0 Å². The lowest BCUT2D eigenvalue weighted by Crippen LogP contribution is -2.23. The Morgan fingerprint density at radius 2 is 2.05 bits per heavy atom. The first-order valence-corrected chi connectivity index (χ1v) is 8.16. The van der Waals surface area contributed by atoms with Gasteiger partial charge in [0, 0.05) is 5.38 Å². The summed E-state index contributed by atoms with van der Waals surface area (Å²) in [6.45, 7) is 1.95. The van der Waals surface area contributed by atoms with E-state index in [9.17, 15) is 4.79 Å². The highest BCUT2D eigenvalue weighted by Crippen LogP contribution is 2.29. The molecule has 0 fully saturated rings. The predicted octanol–water partition coefficient (Wildman–Crippen LogP) is 4.56. The van der Waals surface area contributed by atoms with Gasteiger partial charge in [-0.2, -0.15) is 0 Å². The fourth-order valence-electron chi connectivity index (χ4n) is 2.07. The van der Waals surface area contributed by atoms with E-state index in [1.807, 2.05) is 37.3 Å². The van der Waals surface area contributed by atoms with Crippen molar-refractivity contribution in [2.24, 2.45) is 0 Å². The third-order valence-electron chi connectivity index (χ3n) is 2.96. The fraction of sp³-hybridized carbons (Fsp3) is 0.143. The minimum Gasteiger partial charge on any atom is -0.268 e. The van der Waals surface area contributed by atoms with Gasteiger partial charge in [0.2, 0.25) is 0 Å². The van der Waals surface area contributed by atoms with Crippen LogP contribution in [0.2, 0.25) is 5.02 Å². The zero-order valence-corrected chi connectivity index (χ0v) is 13.7. The molecule has 0 saturated carbocycles. The Morgan fingerprint density at radius 1 is 1.35 bits per heavy atom. The van der Waals surface area contributed by atoms with E-state index < -0.39 is 0 Å². The maximum Gasteiger partial charge on any atom is 0.268 e. The minimum absolute atomic E-state index is 0.0410. The van der Waals surface area contributed by atoms with Crippen LogP contribution in [0.5, 0.6) is 0 Å². The SMILES string of the molecule is CC(Br)c1nc2scc(Cl)c2c(=O)n1-c1ccccc1. The van der Waals surface area contributed by atoms with Gasteiger partial charge < -0.3 is 0 Å². The van der Waals surface area contributed by atoms with E-state index in [1.54, 1.807) is 9.95 Å². The van der Waals surface area contributed by atoms with Gasteiger partial charge in [-0.1, -0.05) is 45.7 Å². The molecule has 2 heterocycles. The number of hydrogen-bond acceptors (Lipinski definition) is 3. The van der Waals surface area contributed by atoms with Crippen LogP contribution in [0.3, 0.4) is 0 Å². The lowest BCUT2D eigenvalue weighted by atomic mass is 10.3. The molecule has 1 aromatic carbocycles. The average molecular weight is 370 g/mol. The van der Waals surface area contributed by atoms with E-state index in [4.69, 9.17) is 11.6 Å². The third kappa shape index (κ3) is 2.20. The summed E-state index contributed by atoms with van der Waals surface area (Å²) in [6, 6.07) is 9.46. The number of aromatic nitrogens is 2. The molecule has 1 unspecified atom stereocenters. The average Bonchev–Trinajstić information content (AvgIpc) is 2.81. The molecule has 6 heteroatoms. The standard InChI is InChI=1S/C14H10BrClN2OS/c1-8(15)12-17-13-11(10(16)7-20-13)14(19)18(12)9-5-3-2-4-6-9/h2-8H,1H3. The zero-order valence-electron chi connectivity index (χ0n) is 10.5. The third-order valence-corrected chi connectivity index (χ3v) is 4.67. The number of fused-ring (bicyclic) bond motifs is 1. The van der Waals surface area contributed by atoms with Crippen LogP contribution in [0.25, 0.3) is 15.9 Å². The number of benzene rings is 1. The summed E-state index contributed by atoms with van der Waals surface area (Å²) in [4.78, 5) is 18.0. The molecule has 102 valence electrons. The summed E-state index contributed by atoms with van der Waals surface area (Å²) in [6.07, 6.45) is 0. The van der Waals surface area contributed by atoms with E-state index in [2.05, 4.69) is 20.9 Å². The second kappa shape index (κ2) is 5.31. The molecule has 0 radical (unpaired) electrons. The molecular formula is C14H10BrClN2OS. The predicted molar refractivity (Wildman–Crippen MR) is 87.6 cm³/mol. The molecule has 3 rings (SSSR count). The Kier molecular flexibility index (Phi) is 3.67. The maximum atomic E-state index is 12.8. The van der Waals surface area contributed by atoms with Crippen molar-refractivity contribution in [1.29, 1.82) is 0 Å². The van der Waals surface area contributed by atoms with Crippen molar-refractivity contribution in [2.75, 3.05) is 0 Å². The summed E-state index contributed by atoms with van der Waals surface area (Å²) >= 11 is 11.0. The second-order valence-electron chi connectivity index (χ2n) is 4.33. The number of nitrogens with zero attached hydrogens (tertiary/aromatic N) is 2. The maximum absolute atomic E-state index is 12.8. The monoisotopic (exact) mass is 368 g/mol. The molecule has 0 aliphatic carbocycles. The van der Waals surface area contributed by atoms with Gasteiger partial charge in [-0.25, -0.2) is 4.98 Å². The van der Waals surface area contributed by atoms with Gasteiger partial charge in [0.05, 0.1) is 20.9 Å². The van der Waals surface area contributed by atoms with Crippen LogP contribution in [0.15, 0.2) is 40.5 Å². The Labute approximate surface area is 133 Å². The topological polar surface area (TPSA) is 34.9 Å². The number of halogens is 2. The number of alkyl halides is 1. The number of rotatable bonds is 2. The minimum atomic E-state index is -0.131. The summed E-state index contributed by atoms with van der Waals surface area (Å²) < 4.78 is 1.61. The van der Waals surface area contributed by atoms with E-state index in [0.29, 0.717) is 21.1 Å². The smallest absolute Gasteiger partial charge is 0.268 e. The van der Waals surface area contributed by atoms with Crippen molar-refractivity contribution in [2.45, 2.75) is 11.8 Å². The zero-order chi connectivity index (χ0) is 14.3. The van der Waals surface area contributed by atoms with E-state index in [-0.39, 0.29) is 10.4 Å². The Hall–Kier alpha value is -1.17. The first-order valence-electron chi connectivity index (χ1n) is 5.98. The molecule has 0 N–H and O–H groups in total. The van der Waals surface area contributed by atoms with Gasteiger partial charge in [-0.15, -0.1) is 11.3 Å². The first kappa shape index (κ1) is 13.8. The van der Waals surface area contributed by atoms with Crippen LogP contribution in [-0.4, -0.2) is 9.55 Å². The van der Waals surface area contributed by atoms with E-state index >= 15 is 0 Å². The lowest BCUT2D eigenvalue weighted by Gasteiger charge is -2.14. The van der Waals surface area contributed by atoms with Crippen LogP contribution in [-0.2, 0) is 0 Å². The molecule has 2 aromatic heterocycles. The van der Waals surface area contributed by atoms with Crippen LogP contribution in [0.1, 0.15) is 17.6 Å². The van der Waals surface area contributed by atoms with Gasteiger partial charge >= 0.3 is 0 Å². The molecule has 20 heavy (non-hydrogen) atoms. The van der Waals surface area contributed by atoms with Gasteiger partial charge in [-0.3, -0.25) is 9.36 Å². The lowest BCUT2D eigenvalue weighted by molar-refractivity contribution is 0.831. The molecule has 3 nitrogen and oxygen atoms in total. The Balaban J connectivity index is 2.45. The van der Waals surface area contributed by atoms with Crippen molar-refractivity contribution >= 4 is 49.1 Å². The van der Waals surface area contributed by atoms with Crippen molar-refractivity contribution in [3.63, 3.8) is 0 Å². The van der Waals surface area contributed by atoms with E-state index in [0.717, 1.165) is 5.69 Å². The quantitative estimate of drug-likeness (QED) is 0.621. The Morgan fingerprint density at radius 3 is 2.70 bits per heavy atom. The highest BCUT2D eigenvalue weighted by atomic mass is 79.9. The molecule has 3 aromatic rings. The molecular weight excluding hydrogens is 360 g/mol. The number of thiophene rings is 1. The van der Waals surface area contributed by atoms with Crippen LogP contribution >= 0.6 is 38.9 Å². The van der Waals surface area contributed by atoms with Gasteiger partial charge in [0.25, 0.3) is 5.56 Å². The summed E-state index contributed by atoms with van der Waals surface area (Å²) in [5.41, 5.74) is 0.657. The molecule has 0 aliphatic rings. The van der Waals surface area contributed by atoms with Crippen LogP contribution in [0.4, 0.5) is 0 Å². The summed E-state index contributed by atoms with van der Waals surface area (Å²) in [7, 11) is 0. The highest BCUT2D eigenvalue weighted by molar-refractivity contribution is 9.09. The van der Waals surface area contributed by atoms with Crippen LogP contribution < -0.4 is 5.56 Å². The normalized spacial score (nSPS) is 12.8. The molecule has 0 amide bonds. The summed E-state index contributed by atoms with van der Waals surface area (Å²) in [5, 5.41) is 2.69. The van der Waals surface area contributed by atoms with Gasteiger partial charge in [0.15, 0.2) is 0 Å². The molecule has 0 aliphatic heterocycles. The fourth-order valence-corrected chi connectivity index (χ4v) is 3.53. The van der Waals surface area contributed by atoms with Crippen molar-refractivity contribution in [3.8, 4) is 5.69 Å². The van der Waals surface area contributed by atoms with Crippen molar-refractivity contribution in [1.82, 2.24) is 9.55 Å². The van der Waals surface area contributed by atoms with Gasteiger partial charge in [-0.05, 0) is 19.1 Å². The molecule has 0 saturated heterocycles. The molecule has 0 bridgehead atoms. The number of hydrogen-bond donors (Lipinski definition) is 0. The molecule has 0 spiro atoms. The van der Waals surface area contributed by atoms with Crippen molar-refractivity contribution in [3.05, 3.63) is 56.9 Å². The first-order chi connectivity index (χ1) is 9.59. The second-order valence-corrected chi connectivity index (χ2v) is 6.96. The highest BCUT2D eigenvalue weighted by Gasteiger charge is 2.18. The summed E-state index contributed by atoms with van der Waals surface area (Å²) in [5.74, 6) is 0.673.